The monoisotopic (exact) mass is 291 g/mol. The molecule has 0 saturated carbocycles. The van der Waals surface area contributed by atoms with Crippen LogP contribution in [0.4, 0.5) is 0 Å². The number of morpholine rings is 1. The van der Waals surface area contributed by atoms with Crippen LogP contribution in [0.1, 0.15) is 21.8 Å². The summed E-state index contributed by atoms with van der Waals surface area (Å²) >= 11 is 1.50. The SMILES string of the molecule is O=C(C[C@H]1COCCN1Cc1cnc[nH]1)c1cccs1. The number of hydrogen-bond donors (Lipinski definition) is 1. The van der Waals surface area contributed by atoms with Crippen molar-refractivity contribution in [2.75, 3.05) is 19.8 Å². The van der Waals surface area contributed by atoms with Crippen molar-refractivity contribution in [3.8, 4) is 0 Å². The summed E-state index contributed by atoms with van der Waals surface area (Å²) in [5, 5.41) is 1.94. The van der Waals surface area contributed by atoms with Gasteiger partial charge < -0.3 is 9.72 Å². The van der Waals surface area contributed by atoms with Gasteiger partial charge in [0, 0.05) is 37.4 Å². The fraction of sp³-hybridized carbons (Fsp3) is 0.429. The van der Waals surface area contributed by atoms with E-state index in [1.54, 1.807) is 6.33 Å². The van der Waals surface area contributed by atoms with E-state index < -0.39 is 0 Å². The van der Waals surface area contributed by atoms with E-state index >= 15 is 0 Å². The Morgan fingerprint density at radius 2 is 2.55 bits per heavy atom. The Morgan fingerprint density at radius 3 is 3.30 bits per heavy atom. The molecular weight excluding hydrogens is 274 g/mol. The third kappa shape index (κ3) is 3.15. The number of aromatic nitrogens is 2. The molecule has 6 heteroatoms. The first-order chi connectivity index (χ1) is 9.83. The molecule has 20 heavy (non-hydrogen) atoms. The van der Waals surface area contributed by atoms with Crippen LogP contribution in [0.2, 0.25) is 0 Å². The van der Waals surface area contributed by atoms with E-state index in [-0.39, 0.29) is 11.8 Å². The number of carbonyl (C=O) groups is 1. The number of nitrogens with zero attached hydrogens (tertiary/aromatic N) is 2. The van der Waals surface area contributed by atoms with Gasteiger partial charge in [0.2, 0.25) is 0 Å². The van der Waals surface area contributed by atoms with E-state index in [0.29, 0.717) is 13.0 Å². The minimum absolute atomic E-state index is 0.140. The average Bonchev–Trinajstić information content (AvgIpc) is 3.13. The zero-order valence-electron chi connectivity index (χ0n) is 11.1. The first-order valence-corrected chi connectivity index (χ1v) is 7.56. The maximum Gasteiger partial charge on any atom is 0.174 e. The highest BCUT2D eigenvalue weighted by atomic mass is 32.1. The number of ether oxygens (including phenoxy) is 1. The highest BCUT2D eigenvalue weighted by Gasteiger charge is 2.26. The summed E-state index contributed by atoms with van der Waals surface area (Å²) in [5.41, 5.74) is 1.07. The third-order valence-corrected chi connectivity index (χ3v) is 4.41. The molecule has 1 aliphatic rings. The molecule has 0 amide bonds. The van der Waals surface area contributed by atoms with Gasteiger partial charge in [-0.2, -0.15) is 0 Å². The largest absolute Gasteiger partial charge is 0.378 e. The first kappa shape index (κ1) is 13.5. The Bertz CT molecular complexity index is 539. The molecule has 1 N–H and O–H groups in total. The molecule has 0 unspecified atom stereocenters. The van der Waals surface area contributed by atoms with Crippen molar-refractivity contribution in [2.45, 2.75) is 19.0 Å². The van der Waals surface area contributed by atoms with Gasteiger partial charge in [0.05, 0.1) is 24.4 Å². The molecule has 0 aromatic carbocycles. The molecule has 5 nitrogen and oxygen atoms in total. The number of aromatic amines is 1. The minimum Gasteiger partial charge on any atom is -0.378 e. The number of rotatable bonds is 5. The van der Waals surface area contributed by atoms with Gasteiger partial charge in [-0.3, -0.25) is 9.69 Å². The number of hydrogen-bond acceptors (Lipinski definition) is 5. The zero-order valence-corrected chi connectivity index (χ0v) is 11.9. The van der Waals surface area contributed by atoms with Crippen LogP contribution in [0.5, 0.6) is 0 Å². The van der Waals surface area contributed by atoms with E-state index in [1.807, 2.05) is 23.7 Å². The van der Waals surface area contributed by atoms with Crippen molar-refractivity contribution in [3.05, 3.63) is 40.6 Å². The molecular formula is C14H17N3O2S. The summed E-state index contributed by atoms with van der Waals surface area (Å²) in [4.78, 5) is 22.5. The van der Waals surface area contributed by atoms with E-state index in [1.165, 1.54) is 11.3 Å². The van der Waals surface area contributed by atoms with Crippen LogP contribution in [0.25, 0.3) is 0 Å². The summed E-state index contributed by atoms with van der Waals surface area (Å²) in [6.45, 7) is 2.97. The number of thiophene rings is 1. The standard InChI is InChI=1S/C14H17N3O2S/c18-13(14-2-1-5-20-14)6-12-9-19-4-3-17(12)8-11-7-15-10-16-11/h1-2,5,7,10,12H,3-4,6,8-9H2,(H,15,16)/t12-/m0/s1. The van der Waals surface area contributed by atoms with Crippen LogP contribution >= 0.6 is 11.3 Å². The second-order valence-corrected chi connectivity index (χ2v) is 5.83. The Labute approximate surface area is 121 Å². The molecule has 1 atom stereocenters. The van der Waals surface area contributed by atoms with Crippen LogP contribution in [0.3, 0.4) is 0 Å². The lowest BCUT2D eigenvalue weighted by atomic mass is 10.1. The summed E-state index contributed by atoms with van der Waals surface area (Å²) in [6.07, 6.45) is 4.02. The average molecular weight is 291 g/mol. The zero-order chi connectivity index (χ0) is 13.8. The van der Waals surface area contributed by atoms with Gasteiger partial charge in [-0.05, 0) is 11.4 Å². The number of imidazole rings is 1. The van der Waals surface area contributed by atoms with Crippen LogP contribution < -0.4 is 0 Å². The first-order valence-electron chi connectivity index (χ1n) is 6.68. The smallest absolute Gasteiger partial charge is 0.174 e. The van der Waals surface area contributed by atoms with Crippen molar-refractivity contribution in [2.24, 2.45) is 0 Å². The fourth-order valence-corrected chi connectivity index (χ4v) is 3.10. The number of ketones is 1. The van der Waals surface area contributed by atoms with Crippen LogP contribution in [-0.4, -0.2) is 46.5 Å². The quantitative estimate of drug-likeness (QED) is 0.855. The van der Waals surface area contributed by atoms with Crippen molar-refractivity contribution in [1.29, 1.82) is 0 Å². The number of nitrogens with one attached hydrogen (secondary N) is 1. The molecule has 0 spiro atoms. The summed E-state index contributed by atoms with van der Waals surface area (Å²) in [7, 11) is 0. The maximum absolute atomic E-state index is 12.2. The number of H-pyrrole nitrogens is 1. The molecule has 0 radical (unpaired) electrons. The lowest BCUT2D eigenvalue weighted by Crippen LogP contribution is -2.45. The summed E-state index contributed by atoms with van der Waals surface area (Å²) < 4.78 is 5.53. The van der Waals surface area contributed by atoms with Gasteiger partial charge in [-0.15, -0.1) is 11.3 Å². The van der Waals surface area contributed by atoms with Gasteiger partial charge in [0.15, 0.2) is 5.78 Å². The Morgan fingerprint density at radius 1 is 1.60 bits per heavy atom. The van der Waals surface area contributed by atoms with Gasteiger partial charge in [0.1, 0.15) is 0 Å². The van der Waals surface area contributed by atoms with Gasteiger partial charge in [0.25, 0.3) is 0 Å². The van der Waals surface area contributed by atoms with E-state index in [0.717, 1.165) is 30.3 Å². The number of Topliss-reactive ketones (excluding diaryl/α,β-unsaturated/α-hetero) is 1. The molecule has 1 saturated heterocycles. The highest BCUT2D eigenvalue weighted by molar-refractivity contribution is 7.12. The maximum atomic E-state index is 12.2. The van der Waals surface area contributed by atoms with E-state index in [9.17, 15) is 4.79 Å². The molecule has 3 heterocycles. The minimum atomic E-state index is 0.140. The van der Waals surface area contributed by atoms with Crippen molar-refractivity contribution >= 4 is 17.1 Å². The molecule has 0 bridgehead atoms. The van der Waals surface area contributed by atoms with Crippen LogP contribution in [0, 0.1) is 0 Å². The van der Waals surface area contributed by atoms with Gasteiger partial charge >= 0.3 is 0 Å². The third-order valence-electron chi connectivity index (χ3n) is 3.49. The molecule has 106 valence electrons. The molecule has 0 aliphatic carbocycles. The molecule has 3 rings (SSSR count). The highest BCUT2D eigenvalue weighted by Crippen LogP contribution is 2.18. The Balaban J connectivity index is 1.64. The van der Waals surface area contributed by atoms with E-state index in [2.05, 4.69) is 14.9 Å². The Kier molecular flexibility index (Phi) is 4.25. The lowest BCUT2D eigenvalue weighted by Gasteiger charge is -2.34. The molecule has 1 fully saturated rings. The summed E-state index contributed by atoms with van der Waals surface area (Å²) in [5.74, 6) is 0.199. The lowest BCUT2D eigenvalue weighted by molar-refractivity contribution is -0.0130. The second-order valence-electron chi connectivity index (χ2n) is 4.88. The van der Waals surface area contributed by atoms with Crippen LogP contribution in [0.15, 0.2) is 30.0 Å². The molecule has 1 aliphatic heterocycles. The van der Waals surface area contributed by atoms with E-state index in [4.69, 9.17) is 4.74 Å². The summed E-state index contributed by atoms with van der Waals surface area (Å²) in [6, 6.07) is 3.94. The molecule has 2 aromatic heterocycles. The normalized spacial score (nSPS) is 20.1. The molecule has 2 aromatic rings. The van der Waals surface area contributed by atoms with Gasteiger partial charge in [-0.1, -0.05) is 6.07 Å². The topological polar surface area (TPSA) is 58.2 Å². The van der Waals surface area contributed by atoms with Crippen molar-refractivity contribution < 1.29 is 9.53 Å². The number of carbonyl (C=O) groups excluding carboxylic acids is 1. The van der Waals surface area contributed by atoms with Crippen molar-refractivity contribution in [1.82, 2.24) is 14.9 Å². The fourth-order valence-electron chi connectivity index (χ4n) is 2.43. The Hall–Kier alpha value is -1.50. The predicted octanol–water partition coefficient (Wildman–Crippen LogP) is 1.94. The second kappa shape index (κ2) is 6.30. The van der Waals surface area contributed by atoms with Crippen LogP contribution in [-0.2, 0) is 11.3 Å². The van der Waals surface area contributed by atoms with Gasteiger partial charge in [-0.25, -0.2) is 4.98 Å². The van der Waals surface area contributed by atoms with Crippen molar-refractivity contribution in [3.63, 3.8) is 0 Å². The predicted molar refractivity (Wildman–Crippen MR) is 76.9 cm³/mol.